The molecule has 2 heterocycles. The lowest BCUT2D eigenvalue weighted by Crippen LogP contribution is -2.45. The summed E-state index contributed by atoms with van der Waals surface area (Å²) in [5, 5.41) is 5.75. The predicted octanol–water partition coefficient (Wildman–Crippen LogP) is 1.15. The number of carbonyl (C=O) groups excluding carboxylic acids is 1. The number of nitrogens with one attached hydrogen (secondary N) is 2. The van der Waals surface area contributed by atoms with Crippen LogP contribution in [0.3, 0.4) is 0 Å². The Labute approximate surface area is 137 Å². The first-order valence-corrected chi connectivity index (χ1v) is 8.29. The predicted molar refractivity (Wildman–Crippen MR) is 88.9 cm³/mol. The molecule has 1 saturated heterocycles. The fourth-order valence-corrected chi connectivity index (χ4v) is 3.18. The molecule has 6 nitrogen and oxygen atoms in total. The van der Waals surface area contributed by atoms with Crippen LogP contribution in [0.1, 0.15) is 12.5 Å². The number of fused-ring (bicyclic) bond motifs is 1. The first-order valence-electron chi connectivity index (χ1n) is 8.29. The van der Waals surface area contributed by atoms with E-state index in [0.29, 0.717) is 39.0 Å². The molecule has 3 rings (SSSR count). The largest absolute Gasteiger partial charge is 0.376 e. The van der Waals surface area contributed by atoms with Gasteiger partial charge in [-0.25, -0.2) is 4.79 Å². The average molecular weight is 319 g/mol. The number of rotatable bonds is 5. The number of benzene rings is 1. The molecule has 0 aromatic heterocycles. The second kappa shape index (κ2) is 7.66. The molecule has 1 aromatic carbocycles. The van der Waals surface area contributed by atoms with E-state index in [-0.39, 0.29) is 12.1 Å². The minimum Gasteiger partial charge on any atom is -0.376 e. The molecule has 0 spiro atoms. The summed E-state index contributed by atoms with van der Waals surface area (Å²) in [5.41, 5.74) is 2.67. The van der Waals surface area contributed by atoms with Gasteiger partial charge in [0.25, 0.3) is 0 Å². The molecular formula is C17H25N3O3. The number of urea groups is 1. The van der Waals surface area contributed by atoms with Gasteiger partial charge < -0.3 is 25.0 Å². The van der Waals surface area contributed by atoms with Crippen LogP contribution in [0.25, 0.3) is 0 Å². The number of hydrogen-bond donors (Lipinski definition) is 2. The third-order valence-corrected chi connectivity index (χ3v) is 4.36. The Balaban J connectivity index is 1.38. The second-order valence-corrected chi connectivity index (χ2v) is 6.08. The molecule has 2 aliphatic heterocycles. The molecule has 23 heavy (non-hydrogen) atoms. The SMILES string of the molecule is C[C@@H]1Cc2ccccc2N1CCNC(=O)NC[C@@H]1COCCO1. The minimum absolute atomic E-state index is 0.0417. The molecule has 2 amide bonds. The summed E-state index contributed by atoms with van der Waals surface area (Å²) in [6.07, 6.45) is 1.03. The van der Waals surface area contributed by atoms with Crippen molar-refractivity contribution >= 4 is 11.7 Å². The molecular weight excluding hydrogens is 294 g/mol. The first kappa shape index (κ1) is 16.1. The highest BCUT2D eigenvalue weighted by atomic mass is 16.6. The standard InChI is InChI=1S/C17H25N3O3/c1-13-10-14-4-2-3-5-16(14)20(13)7-6-18-17(21)19-11-15-12-22-8-9-23-15/h2-5,13,15H,6-12H2,1H3,(H2,18,19,21)/t13-,15-/m1/s1. The van der Waals surface area contributed by atoms with Crippen LogP contribution in [0, 0.1) is 0 Å². The maximum absolute atomic E-state index is 11.8. The van der Waals surface area contributed by atoms with Gasteiger partial charge in [-0.15, -0.1) is 0 Å². The topological polar surface area (TPSA) is 62.8 Å². The molecule has 0 radical (unpaired) electrons. The number of carbonyl (C=O) groups is 1. The Bertz CT molecular complexity index is 532. The van der Waals surface area contributed by atoms with Crippen LogP contribution in [-0.4, -0.2) is 57.6 Å². The third-order valence-electron chi connectivity index (χ3n) is 4.36. The Kier molecular flexibility index (Phi) is 5.35. The van der Waals surface area contributed by atoms with Crippen molar-refractivity contribution in [3.63, 3.8) is 0 Å². The Morgan fingerprint density at radius 2 is 2.17 bits per heavy atom. The summed E-state index contributed by atoms with van der Waals surface area (Å²) in [6, 6.07) is 8.80. The fraction of sp³-hybridized carbons (Fsp3) is 0.588. The first-order chi connectivity index (χ1) is 11.2. The van der Waals surface area contributed by atoms with Gasteiger partial charge in [0.05, 0.1) is 25.9 Å². The van der Waals surface area contributed by atoms with Crippen molar-refractivity contribution in [1.82, 2.24) is 10.6 Å². The summed E-state index contributed by atoms with van der Waals surface area (Å²) in [5.74, 6) is 0. The van der Waals surface area contributed by atoms with Gasteiger partial charge in [0.15, 0.2) is 0 Å². The lowest BCUT2D eigenvalue weighted by atomic mass is 10.1. The molecule has 1 aromatic rings. The fourth-order valence-electron chi connectivity index (χ4n) is 3.18. The van der Waals surface area contributed by atoms with Crippen molar-refractivity contribution in [3.05, 3.63) is 29.8 Å². The zero-order chi connectivity index (χ0) is 16.1. The van der Waals surface area contributed by atoms with Gasteiger partial charge in [0.2, 0.25) is 0 Å². The van der Waals surface area contributed by atoms with E-state index in [4.69, 9.17) is 9.47 Å². The van der Waals surface area contributed by atoms with Crippen molar-refractivity contribution in [1.29, 1.82) is 0 Å². The van der Waals surface area contributed by atoms with Gasteiger partial charge >= 0.3 is 6.03 Å². The van der Waals surface area contributed by atoms with Crippen molar-refractivity contribution in [2.24, 2.45) is 0 Å². The third kappa shape index (κ3) is 4.14. The summed E-state index contributed by atoms with van der Waals surface area (Å²) >= 11 is 0. The molecule has 6 heteroatoms. The molecule has 2 N–H and O–H groups in total. The van der Waals surface area contributed by atoms with Crippen LogP contribution in [0.2, 0.25) is 0 Å². The summed E-state index contributed by atoms with van der Waals surface area (Å²) < 4.78 is 10.8. The van der Waals surface area contributed by atoms with E-state index in [1.165, 1.54) is 11.3 Å². The molecule has 1 fully saturated rings. The normalized spacial score (nSPS) is 23.4. The van der Waals surface area contributed by atoms with E-state index in [1.54, 1.807) is 0 Å². The van der Waals surface area contributed by atoms with Crippen LogP contribution >= 0.6 is 0 Å². The molecule has 0 bridgehead atoms. The van der Waals surface area contributed by atoms with Crippen LogP contribution in [0.15, 0.2) is 24.3 Å². The number of nitrogens with zero attached hydrogens (tertiary/aromatic N) is 1. The Morgan fingerprint density at radius 1 is 1.30 bits per heavy atom. The Hall–Kier alpha value is -1.79. The Morgan fingerprint density at radius 3 is 3.00 bits per heavy atom. The van der Waals surface area contributed by atoms with E-state index in [0.717, 1.165) is 13.0 Å². The zero-order valence-corrected chi connectivity index (χ0v) is 13.6. The van der Waals surface area contributed by atoms with Crippen molar-refractivity contribution in [2.45, 2.75) is 25.5 Å². The molecule has 2 aliphatic rings. The number of amides is 2. The van der Waals surface area contributed by atoms with Crippen molar-refractivity contribution in [3.8, 4) is 0 Å². The zero-order valence-electron chi connectivity index (χ0n) is 13.6. The van der Waals surface area contributed by atoms with Crippen LogP contribution in [0.4, 0.5) is 10.5 Å². The van der Waals surface area contributed by atoms with Crippen molar-refractivity contribution < 1.29 is 14.3 Å². The number of anilines is 1. The number of hydrogen-bond acceptors (Lipinski definition) is 4. The van der Waals surface area contributed by atoms with Crippen LogP contribution in [-0.2, 0) is 15.9 Å². The maximum Gasteiger partial charge on any atom is 0.314 e. The molecule has 0 aliphatic carbocycles. The van der Waals surface area contributed by atoms with Crippen LogP contribution in [0.5, 0.6) is 0 Å². The van der Waals surface area contributed by atoms with E-state index >= 15 is 0 Å². The number of para-hydroxylation sites is 1. The van der Waals surface area contributed by atoms with Crippen LogP contribution < -0.4 is 15.5 Å². The van der Waals surface area contributed by atoms with E-state index in [2.05, 4.69) is 46.7 Å². The quantitative estimate of drug-likeness (QED) is 0.855. The van der Waals surface area contributed by atoms with Gasteiger partial charge in [-0.05, 0) is 25.0 Å². The summed E-state index contributed by atoms with van der Waals surface area (Å²) in [6.45, 7) is 5.91. The maximum atomic E-state index is 11.8. The molecule has 0 saturated carbocycles. The lowest BCUT2D eigenvalue weighted by Gasteiger charge is -2.25. The highest BCUT2D eigenvalue weighted by Crippen LogP contribution is 2.31. The monoisotopic (exact) mass is 319 g/mol. The van der Waals surface area contributed by atoms with Gasteiger partial charge in [-0.1, -0.05) is 18.2 Å². The summed E-state index contributed by atoms with van der Waals surface area (Å²) in [4.78, 5) is 14.2. The van der Waals surface area contributed by atoms with Gasteiger partial charge in [0, 0.05) is 31.4 Å². The van der Waals surface area contributed by atoms with Gasteiger partial charge in [-0.2, -0.15) is 0 Å². The lowest BCUT2D eigenvalue weighted by molar-refractivity contribution is -0.0853. The van der Waals surface area contributed by atoms with Gasteiger partial charge in [0.1, 0.15) is 0 Å². The average Bonchev–Trinajstić information content (AvgIpc) is 2.90. The molecule has 126 valence electrons. The number of ether oxygens (including phenoxy) is 2. The summed E-state index contributed by atoms with van der Waals surface area (Å²) in [7, 11) is 0. The van der Waals surface area contributed by atoms with Gasteiger partial charge in [-0.3, -0.25) is 0 Å². The highest BCUT2D eigenvalue weighted by molar-refractivity contribution is 5.73. The van der Waals surface area contributed by atoms with E-state index in [1.807, 2.05) is 0 Å². The smallest absolute Gasteiger partial charge is 0.314 e. The molecule has 0 unspecified atom stereocenters. The second-order valence-electron chi connectivity index (χ2n) is 6.08. The molecule has 2 atom stereocenters. The highest BCUT2D eigenvalue weighted by Gasteiger charge is 2.24. The van der Waals surface area contributed by atoms with E-state index < -0.39 is 0 Å². The van der Waals surface area contributed by atoms with E-state index in [9.17, 15) is 4.79 Å². The van der Waals surface area contributed by atoms with Crippen molar-refractivity contribution in [2.75, 3.05) is 44.4 Å². The minimum atomic E-state index is -0.153.